The molecule has 0 spiro atoms. The summed E-state index contributed by atoms with van der Waals surface area (Å²) in [6, 6.07) is 3.97. The van der Waals surface area contributed by atoms with Gasteiger partial charge in [0.25, 0.3) is 0 Å². The van der Waals surface area contributed by atoms with Crippen molar-refractivity contribution < 1.29 is 9.21 Å². The standard InChI is InChI=1S/C9H11NO2/c1-6-7(5-9(11)10-6)8-3-2-4-12-8/h2-4,6-7H,5H2,1H3,(H,10,11)/t6-,7-/m0/s1. The second-order valence-electron chi connectivity index (χ2n) is 3.18. The Hall–Kier alpha value is -1.25. The molecule has 0 aliphatic carbocycles. The summed E-state index contributed by atoms with van der Waals surface area (Å²) in [6.45, 7) is 2.00. The number of rotatable bonds is 1. The second kappa shape index (κ2) is 2.66. The van der Waals surface area contributed by atoms with Crippen LogP contribution >= 0.6 is 0 Å². The molecule has 2 heterocycles. The topological polar surface area (TPSA) is 42.2 Å². The maximum atomic E-state index is 11.0. The van der Waals surface area contributed by atoms with Crippen molar-refractivity contribution >= 4 is 5.91 Å². The normalized spacial score (nSPS) is 28.9. The Labute approximate surface area is 70.8 Å². The lowest BCUT2D eigenvalue weighted by atomic mass is 9.99. The molecular weight excluding hydrogens is 154 g/mol. The molecule has 0 aromatic carbocycles. The van der Waals surface area contributed by atoms with Crippen LogP contribution in [0.5, 0.6) is 0 Å². The van der Waals surface area contributed by atoms with Gasteiger partial charge in [0.15, 0.2) is 0 Å². The first kappa shape index (κ1) is 7.40. The van der Waals surface area contributed by atoms with Gasteiger partial charge in [-0.15, -0.1) is 0 Å². The van der Waals surface area contributed by atoms with Crippen molar-refractivity contribution in [2.24, 2.45) is 0 Å². The first-order valence-corrected chi connectivity index (χ1v) is 4.10. The Bertz CT molecular complexity index is 279. The highest BCUT2D eigenvalue weighted by atomic mass is 16.3. The van der Waals surface area contributed by atoms with E-state index in [1.54, 1.807) is 6.26 Å². The number of carbonyl (C=O) groups excluding carboxylic acids is 1. The lowest BCUT2D eigenvalue weighted by Gasteiger charge is -2.09. The lowest BCUT2D eigenvalue weighted by molar-refractivity contribution is -0.119. The summed E-state index contributed by atoms with van der Waals surface area (Å²) >= 11 is 0. The minimum atomic E-state index is 0.115. The predicted molar refractivity (Wildman–Crippen MR) is 43.7 cm³/mol. The van der Waals surface area contributed by atoms with Crippen molar-refractivity contribution in [3.63, 3.8) is 0 Å². The zero-order valence-electron chi connectivity index (χ0n) is 6.91. The molecule has 0 saturated carbocycles. The molecule has 1 aliphatic heterocycles. The van der Waals surface area contributed by atoms with Gasteiger partial charge in [0.2, 0.25) is 5.91 Å². The third-order valence-corrected chi connectivity index (χ3v) is 2.31. The molecule has 64 valence electrons. The first-order valence-electron chi connectivity index (χ1n) is 4.10. The van der Waals surface area contributed by atoms with Gasteiger partial charge in [0.1, 0.15) is 5.76 Å². The van der Waals surface area contributed by atoms with Gasteiger partial charge in [-0.25, -0.2) is 0 Å². The summed E-state index contributed by atoms with van der Waals surface area (Å²) in [7, 11) is 0. The molecule has 12 heavy (non-hydrogen) atoms. The minimum Gasteiger partial charge on any atom is -0.469 e. The number of hydrogen-bond donors (Lipinski definition) is 1. The lowest BCUT2D eigenvalue weighted by Crippen LogP contribution is -2.24. The molecule has 2 rings (SSSR count). The number of hydrogen-bond acceptors (Lipinski definition) is 2. The molecule has 0 radical (unpaired) electrons. The van der Waals surface area contributed by atoms with Crippen LogP contribution in [0.15, 0.2) is 22.8 Å². The van der Waals surface area contributed by atoms with Crippen molar-refractivity contribution in [2.75, 3.05) is 0 Å². The summed E-state index contributed by atoms with van der Waals surface area (Å²) in [4.78, 5) is 11.0. The summed E-state index contributed by atoms with van der Waals surface area (Å²) in [5.41, 5.74) is 0. The smallest absolute Gasteiger partial charge is 0.221 e. The largest absolute Gasteiger partial charge is 0.469 e. The minimum absolute atomic E-state index is 0.115. The van der Waals surface area contributed by atoms with Crippen LogP contribution in [0.4, 0.5) is 0 Å². The second-order valence-corrected chi connectivity index (χ2v) is 3.18. The van der Waals surface area contributed by atoms with E-state index >= 15 is 0 Å². The molecule has 2 atom stereocenters. The van der Waals surface area contributed by atoms with Crippen LogP contribution in [0, 0.1) is 0 Å². The van der Waals surface area contributed by atoms with Crippen LogP contribution in [-0.4, -0.2) is 11.9 Å². The van der Waals surface area contributed by atoms with E-state index in [2.05, 4.69) is 5.32 Å². The molecule has 1 fully saturated rings. The average molecular weight is 165 g/mol. The molecule has 3 heteroatoms. The summed E-state index contributed by atoms with van der Waals surface area (Å²) < 4.78 is 5.24. The van der Waals surface area contributed by atoms with Crippen LogP contribution in [0.3, 0.4) is 0 Å². The van der Waals surface area contributed by atoms with Crippen molar-refractivity contribution in [3.8, 4) is 0 Å². The Morgan fingerprint density at radius 2 is 2.50 bits per heavy atom. The summed E-state index contributed by atoms with van der Waals surface area (Å²) in [5, 5.41) is 2.86. The van der Waals surface area contributed by atoms with E-state index < -0.39 is 0 Å². The molecule has 1 aliphatic rings. The molecular formula is C9H11NO2. The van der Waals surface area contributed by atoms with Gasteiger partial charge in [0.05, 0.1) is 6.26 Å². The quantitative estimate of drug-likeness (QED) is 0.681. The van der Waals surface area contributed by atoms with Gasteiger partial charge in [-0.1, -0.05) is 0 Å². The maximum Gasteiger partial charge on any atom is 0.221 e. The number of amides is 1. The Kier molecular flexibility index (Phi) is 1.64. The van der Waals surface area contributed by atoms with Crippen LogP contribution < -0.4 is 5.32 Å². The molecule has 0 bridgehead atoms. The van der Waals surface area contributed by atoms with Crippen molar-refractivity contribution in [1.29, 1.82) is 0 Å². The number of nitrogens with one attached hydrogen (secondary N) is 1. The highest BCUT2D eigenvalue weighted by Gasteiger charge is 2.31. The molecule has 1 N–H and O–H groups in total. The number of furan rings is 1. The van der Waals surface area contributed by atoms with E-state index in [0.29, 0.717) is 6.42 Å². The van der Waals surface area contributed by atoms with Crippen molar-refractivity contribution in [1.82, 2.24) is 5.32 Å². The third kappa shape index (κ3) is 1.11. The van der Waals surface area contributed by atoms with Gasteiger partial charge in [0, 0.05) is 18.4 Å². The fraction of sp³-hybridized carbons (Fsp3) is 0.444. The Morgan fingerprint density at radius 3 is 3.00 bits per heavy atom. The van der Waals surface area contributed by atoms with E-state index in [1.165, 1.54) is 0 Å². The van der Waals surface area contributed by atoms with Gasteiger partial charge >= 0.3 is 0 Å². The Balaban J connectivity index is 2.20. The Morgan fingerprint density at radius 1 is 1.67 bits per heavy atom. The highest BCUT2D eigenvalue weighted by Crippen LogP contribution is 2.27. The van der Waals surface area contributed by atoms with Gasteiger partial charge in [-0.3, -0.25) is 4.79 Å². The number of carbonyl (C=O) groups is 1. The molecule has 1 saturated heterocycles. The van der Waals surface area contributed by atoms with Crippen LogP contribution in [0.25, 0.3) is 0 Å². The summed E-state index contributed by atoms with van der Waals surface area (Å²) in [5.74, 6) is 1.23. The first-order chi connectivity index (χ1) is 5.77. The zero-order chi connectivity index (χ0) is 8.55. The SMILES string of the molecule is C[C@@H]1NC(=O)C[C@@H]1c1ccco1. The molecule has 0 unspecified atom stereocenters. The molecule has 3 nitrogen and oxygen atoms in total. The average Bonchev–Trinajstić information content (AvgIpc) is 2.58. The van der Waals surface area contributed by atoms with E-state index in [1.807, 2.05) is 19.1 Å². The van der Waals surface area contributed by atoms with E-state index in [0.717, 1.165) is 5.76 Å². The van der Waals surface area contributed by atoms with Crippen LogP contribution in [0.1, 0.15) is 25.0 Å². The van der Waals surface area contributed by atoms with Crippen LogP contribution in [0.2, 0.25) is 0 Å². The monoisotopic (exact) mass is 165 g/mol. The van der Waals surface area contributed by atoms with Crippen molar-refractivity contribution in [3.05, 3.63) is 24.2 Å². The fourth-order valence-electron chi connectivity index (χ4n) is 1.64. The van der Waals surface area contributed by atoms with Gasteiger partial charge < -0.3 is 9.73 Å². The molecule has 1 aromatic heterocycles. The maximum absolute atomic E-state index is 11.0. The fourth-order valence-corrected chi connectivity index (χ4v) is 1.64. The van der Waals surface area contributed by atoms with Crippen molar-refractivity contribution in [2.45, 2.75) is 25.3 Å². The van der Waals surface area contributed by atoms with E-state index in [9.17, 15) is 4.79 Å². The highest BCUT2D eigenvalue weighted by molar-refractivity contribution is 5.79. The predicted octanol–water partition coefficient (Wildman–Crippen LogP) is 1.27. The molecule has 1 aromatic rings. The zero-order valence-corrected chi connectivity index (χ0v) is 6.91. The third-order valence-electron chi connectivity index (χ3n) is 2.31. The van der Waals surface area contributed by atoms with Crippen LogP contribution in [-0.2, 0) is 4.79 Å². The van der Waals surface area contributed by atoms with Gasteiger partial charge in [-0.05, 0) is 19.1 Å². The molecule has 1 amide bonds. The van der Waals surface area contributed by atoms with E-state index in [4.69, 9.17) is 4.42 Å². The van der Waals surface area contributed by atoms with Gasteiger partial charge in [-0.2, -0.15) is 0 Å². The summed E-state index contributed by atoms with van der Waals surface area (Å²) in [6.07, 6.45) is 2.19. The van der Waals surface area contributed by atoms with E-state index in [-0.39, 0.29) is 17.9 Å².